The number of halogens is 15. The molecule has 17 heteroatoms. The molecule has 0 aromatic heterocycles. The maximum atomic E-state index is 14.5. The van der Waals surface area contributed by atoms with Gasteiger partial charge >= 0.3 is 30.4 Å². The summed E-state index contributed by atoms with van der Waals surface area (Å²) in [5.41, 5.74) is 0. The van der Waals surface area contributed by atoms with Crippen LogP contribution in [0.15, 0.2) is 0 Å². The molecule has 0 amide bonds. The molecule has 5 unspecified atom stereocenters. The third-order valence-electron chi connectivity index (χ3n) is 5.16. The minimum atomic E-state index is -6.12. The van der Waals surface area contributed by atoms with Gasteiger partial charge in [-0.3, -0.25) is 4.90 Å². The van der Waals surface area contributed by atoms with Gasteiger partial charge in [-0.1, -0.05) is 0 Å². The number of hydrogen-bond donors (Lipinski definition) is 0. The first kappa shape index (κ1) is 29.9. The molecule has 1 aliphatic heterocycles. The van der Waals surface area contributed by atoms with Crippen molar-refractivity contribution in [3.8, 4) is 0 Å². The molecule has 6 atom stereocenters. The number of piperidine rings is 1. The molecule has 0 aliphatic carbocycles. The van der Waals surface area contributed by atoms with E-state index in [9.17, 15) is 65.9 Å². The fourth-order valence-electron chi connectivity index (χ4n) is 3.14. The fraction of sp³-hybridized carbons (Fsp3) is 1.00. The van der Waals surface area contributed by atoms with E-state index in [1.807, 2.05) is 0 Å². The summed E-state index contributed by atoms with van der Waals surface area (Å²) in [7, 11) is 0. The van der Waals surface area contributed by atoms with Crippen LogP contribution in [0, 0.1) is 11.8 Å². The van der Waals surface area contributed by atoms with Gasteiger partial charge in [-0.15, -0.1) is 0 Å². The van der Waals surface area contributed by atoms with Crippen molar-refractivity contribution in [3.05, 3.63) is 0 Å². The Morgan fingerprint density at radius 3 is 1.36 bits per heavy atom. The lowest BCUT2D eigenvalue weighted by Gasteiger charge is -2.43. The number of rotatable bonds is 7. The highest BCUT2D eigenvalue weighted by atomic mass is 19.4. The predicted molar refractivity (Wildman–Crippen MR) is 81.0 cm³/mol. The first-order valence-electron chi connectivity index (χ1n) is 9.06. The summed E-state index contributed by atoms with van der Waals surface area (Å²) in [4.78, 5) is -0.490. The van der Waals surface area contributed by atoms with Crippen LogP contribution in [0.1, 0.15) is 20.3 Å². The Morgan fingerprint density at radius 2 is 1.03 bits per heavy atom. The van der Waals surface area contributed by atoms with E-state index in [2.05, 4.69) is 4.74 Å². The molecule has 0 spiro atoms. The third-order valence-corrected chi connectivity index (χ3v) is 5.16. The second-order valence-corrected chi connectivity index (χ2v) is 7.68. The minimum absolute atomic E-state index is 0.0540. The van der Waals surface area contributed by atoms with Crippen LogP contribution in [0.3, 0.4) is 0 Å². The van der Waals surface area contributed by atoms with Crippen LogP contribution >= 0.6 is 0 Å². The molecular formula is C16H18F15NO. The molecule has 0 bridgehead atoms. The maximum Gasteiger partial charge on any atom is 0.425 e. The Hall–Kier alpha value is -1.13. The highest BCUT2D eigenvalue weighted by Crippen LogP contribution is 2.44. The van der Waals surface area contributed by atoms with E-state index in [0.717, 1.165) is 0 Å². The van der Waals surface area contributed by atoms with Gasteiger partial charge in [0.25, 0.3) is 6.17 Å². The lowest BCUT2D eigenvalue weighted by atomic mass is 9.87. The van der Waals surface area contributed by atoms with Crippen LogP contribution in [0.5, 0.6) is 0 Å². The average molecular weight is 525 g/mol. The molecule has 1 aliphatic rings. The van der Waals surface area contributed by atoms with Gasteiger partial charge in [0.2, 0.25) is 6.30 Å². The van der Waals surface area contributed by atoms with Gasteiger partial charge in [-0.2, -0.15) is 48.3 Å². The minimum Gasteiger partial charge on any atom is -0.363 e. The Balaban J connectivity index is 3.08. The van der Waals surface area contributed by atoms with E-state index < -0.39 is 91.3 Å². The molecule has 1 heterocycles. The zero-order valence-electron chi connectivity index (χ0n) is 16.6. The van der Waals surface area contributed by atoms with E-state index in [1.165, 1.54) is 0 Å². The third kappa shape index (κ3) is 6.94. The van der Waals surface area contributed by atoms with E-state index in [-0.39, 0.29) is 13.8 Å². The van der Waals surface area contributed by atoms with Crippen molar-refractivity contribution in [1.82, 2.24) is 4.90 Å². The summed E-state index contributed by atoms with van der Waals surface area (Å²) >= 11 is 0. The lowest BCUT2D eigenvalue weighted by molar-refractivity contribution is -0.295. The summed E-state index contributed by atoms with van der Waals surface area (Å²) in [5.74, 6) is -16.2. The molecule has 0 saturated carbocycles. The zero-order chi connectivity index (χ0) is 26.4. The Labute approximate surface area is 177 Å². The molecule has 198 valence electrons. The second-order valence-electron chi connectivity index (χ2n) is 7.68. The molecule has 1 rings (SSSR count). The van der Waals surface area contributed by atoms with Crippen molar-refractivity contribution >= 4 is 0 Å². The summed E-state index contributed by atoms with van der Waals surface area (Å²) in [6, 6.07) is 0. The van der Waals surface area contributed by atoms with Crippen molar-refractivity contribution in [2.24, 2.45) is 11.8 Å². The molecule has 2 nitrogen and oxygen atoms in total. The van der Waals surface area contributed by atoms with Gasteiger partial charge < -0.3 is 4.74 Å². The van der Waals surface area contributed by atoms with Crippen LogP contribution in [-0.4, -0.2) is 73.0 Å². The van der Waals surface area contributed by atoms with Crippen molar-refractivity contribution < 1.29 is 70.6 Å². The topological polar surface area (TPSA) is 12.5 Å². The SMILES string of the molecule is CC(OC(C)C(F)(F)[C@@H](F)N1CC(C(F)(F)F)CC(C(F)(F)F)C1)C(F)(F)C(F)C(F)(F)F. The molecule has 33 heavy (non-hydrogen) atoms. The van der Waals surface area contributed by atoms with Gasteiger partial charge in [-0.05, 0) is 20.3 Å². The van der Waals surface area contributed by atoms with Crippen LogP contribution in [-0.2, 0) is 4.74 Å². The normalized spacial score (nSPS) is 26.1. The zero-order valence-corrected chi connectivity index (χ0v) is 16.6. The predicted octanol–water partition coefficient (Wildman–Crippen LogP) is 6.31. The number of hydrogen-bond acceptors (Lipinski definition) is 2. The van der Waals surface area contributed by atoms with Gasteiger partial charge in [0.05, 0.1) is 11.8 Å². The summed E-state index contributed by atoms with van der Waals surface area (Å²) in [6.07, 6.45) is -33.4. The number of likely N-dealkylation sites (tertiary alicyclic amines) is 1. The van der Waals surface area contributed by atoms with E-state index in [4.69, 9.17) is 0 Å². The van der Waals surface area contributed by atoms with E-state index >= 15 is 0 Å². The van der Waals surface area contributed by atoms with Gasteiger partial charge in [0.15, 0.2) is 0 Å². The monoisotopic (exact) mass is 525 g/mol. The number of nitrogens with zero attached hydrogens (tertiary/aromatic N) is 1. The van der Waals surface area contributed by atoms with Crippen molar-refractivity contribution in [3.63, 3.8) is 0 Å². The largest absolute Gasteiger partial charge is 0.425 e. The summed E-state index contributed by atoms with van der Waals surface area (Å²) < 4.78 is 201. The van der Waals surface area contributed by atoms with E-state index in [1.54, 1.807) is 0 Å². The molecule has 1 saturated heterocycles. The highest BCUT2D eigenvalue weighted by molar-refractivity contribution is 4.94. The van der Waals surface area contributed by atoms with Crippen LogP contribution < -0.4 is 0 Å². The van der Waals surface area contributed by atoms with Crippen molar-refractivity contribution in [1.29, 1.82) is 0 Å². The molecule has 0 radical (unpaired) electrons. The Bertz CT molecular complexity index is 621. The lowest BCUT2D eigenvalue weighted by Crippen LogP contribution is -2.59. The van der Waals surface area contributed by atoms with Crippen molar-refractivity contribution in [2.45, 2.75) is 75.3 Å². The van der Waals surface area contributed by atoms with E-state index in [0.29, 0.717) is 0 Å². The fourth-order valence-corrected chi connectivity index (χ4v) is 3.14. The van der Waals surface area contributed by atoms with Crippen LogP contribution in [0.25, 0.3) is 0 Å². The smallest absolute Gasteiger partial charge is 0.363 e. The second kappa shape index (κ2) is 9.49. The Kier molecular flexibility index (Phi) is 8.60. The molecule has 0 aromatic rings. The quantitative estimate of drug-likeness (QED) is 0.286. The van der Waals surface area contributed by atoms with Crippen LogP contribution in [0.4, 0.5) is 65.9 Å². The Morgan fingerprint density at radius 1 is 0.667 bits per heavy atom. The van der Waals surface area contributed by atoms with Crippen molar-refractivity contribution in [2.75, 3.05) is 13.1 Å². The summed E-state index contributed by atoms with van der Waals surface area (Å²) in [5, 5.41) is 0. The average Bonchev–Trinajstić information content (AvgIpc) is 2.63. The first-order chi connectivity index (χ1) is 14.4. The van der Waals surface area contributed by atoms with Gasteiger partial charge in [0, 0.05) is 13.1 Å². The van der Waals surface area contributed by atoms with Crippen LogP contribution in [0.2, 0.25) is 0 Å². The molecular weight excluding hydrogens is 507 g/mol. The molecule has 0 aromatic carbocycles. The molecule has 1 fully saturated rings. The standard InChI is InChI=1S/C16H18F15NO/c1-6(12(19,20)10(17)16(29,30)31)33-7(2)13(21,22)11(18)32-4-8(14(23,24)25)3-9(5-32)15(26,27)28/h6-11H,3-5H2,1-2H3/t6?,7?,8?,9?,10?,11-/m0/s1. The number of alkyl halides is 15. The first-order valence-corrected chi connectivity index (χ1v) is 9.06. The van der Waals surface area contributed by atoms with Gasteiger partial charge in [-0.25, -0.2) is 17.6 Å². The highest BCUT2D eigenvalue weighted by Gasteiger charge is 2.62. The number of ether oxygens (including phenoxy) is 1. The maximum absolute atomic E-state index is 14.5. The van der Waals surface area contributed by atoms with Gasteiger partial charge in [0.1, 0.15) is 12.2 Å². The molecule has 0 N–H and O–H groups in total. The summed E-state index contributed by atoms with van der Waals surface area (Å²) in [6.45, 7) is -3.07.